The van der Waals surface area contributed by atoms with Crippen molar-refractivity contribution in [2.24, 2.45) is 0 Å². The first-order chi connectivity index (χ1) is 13.7. The molecule has 2 aromatic carbocycles. The van der Waals surface area contributed by atoms with Gasteiger partial charge in [-0.25, -0.2) is 0 Å². The summed E-state index contributed by atoms with van der Waals surface area (Å²) < 4.78 is 16.0. The summed E-state index contributed by atoms with van der Waals surface area (Å²) in [7, 11) is 4.88. The lowest BCUT2D eigenvalue weighted by molar-refractivity contribution is 0.0938. The van der Waals surface area contributed by atoms with E-state index in [1.807, 2.05) is 18.2 Å². The highest BCUT2D eigenvalue weighted by atomic mass is 16.5. The minimum Gasteiger partial charge on any atom is -0.497 e. The number of nitrogens with one attached hydrogen (secondary N) is 1. The Labute approximate surface area is 166 Å². The lowest BCUT2D eigenvalue weighted by Gasteiger charge is -2.28. The van der Waals surface area contributed by atoms with Crippen molar-refractivity contribution < 1.29 is 19.0 Å². The molecule has 150 valence electrons. The zero-order valence-electron chi connectivity index (χ0n) is 16.7. The van der Waals surface area contributed by atoms with Crippen LogP contribution in [0.25, 0.3) is 0 Å². The van der Waals surface area contributed by atoms with E-state index in [0.717, 1.165) is 24.4 Å². The number of hydrogen-bond donors (Lipinski definition) is 1. The van der Waals surface area contributed by atoms with E-state index in [-0.39, 0.29) is 11.9 Å². The molecule has 6 heteroatoms. The molecule has 1 aliphatic heterocycles. The number of amides is 1. The molecule has 28 heavy (non-hydrogen) atoms. The highest BCUT2D eigenvalue weighted by Gasteiger charge is 2.25. The minimum atomic E-state index is -0.0904. The summed E-state index contributed by atoms with van der Waals surface area (Å²) in [6.07, 6.45) is 2.35. The summed E-state index contributed by atoms with van der Waals surface area (Å²) in [6.45, 7) is 2.58. The minimum absolute atomic E-state index is 0.0875. The molecule has 1 heterocycles. The predicted molar refractivity (Wildman–Crippen MR) is 108 cm³/mol. The second-order valence-electron chi connectivity index (χ2n) is 6.81. The fraction of sp³-hybridized carbons (Fsp3) is 0.409. The zero-order valence-corrected chi connectivity index (χ0v) is 16.7. The van der Waals surface area contributed by atoms with Gasteiger partial charge in [0.25, 0.3) is 5.91 Å². The van der Waals surface area contributed by atoms with Crippen molar-refractivity contribution in [3.63, 3.8) is 0 Å². The maximum atomic E-state index is 12.6. The number of ether oxygens (including phenoxy) is 3. The van der Waals surface area contributed by atoms with Gasteiger partial charge in [-0.15, -0.1) is 0 Å². The van der Waals surface area contributed by atoms with Gasteiger partial charge in [0.15, 0.2) is 11.5 Å². The molecular weight excluding hydrogens is 356 g/mol. The van der Waals surface area contributed by atoms with Gasteiger partial charge in [0.05, 0.1) is 27.4 Å². The van der Waals surface area contributed by atoms with E-state index < -0.39 is 0 Å². The quantitative estimate of drug-likeness (QED) is 0.757. The van der Waals surface area contributed by atoms with Crippen molar-refractivity contribution in [3.05, 3.63) is 53.6 Å². The monoisotopic (exact) mass is 384 g/mol. The molecule has 1 fully saturated rings. The summed E-state index contributed by atoms with van der Waals surface area (Å²) in [4.78, 5) is 15.0. The fourth-order valence-electron chi connectivity index (χ4n) is 3.60. The number of likely N-dealkylation sites (tertiary alicyclic amines) is 1. The third-order valence-electron chi connectivity index (χ3n) is 5.18. The first kappa shape index (κ1) is 20.0. The average molecular weight is 384 g/mol. The number of benzene rings is 2. The van der Waals surface area contributed by atoms with Gasteiger partial charge in [0.1, 0.15) is 5.75 Å². The van der Waals surface area contributed by atoms with Crippen molar-refractivity contribution in [2.45, 2.75) is 18.9 Å². The molecule has 1 saturated heterocycles. The van der Waals surface area contributed by atoms with Crippen LogP contribution in [-0.2, 0) is 0 Å². The molecule has 0 spiro atoms. The molecule has 0 aliphatic carbocycles. The van der Waals surface area contributed by atoms with Crippen LogP contribution in [0.5, 0.6) is 17.2 Å². The molecule has 1 N–H and O–H groups in total. The largest absolute Gasteiger partial charge is 0.497 e. The van der Waals surface area contributed by atoms with Gasteiger partial charge in [-0.2, -0.15) is 0 Å². The Balaban J connectivity index is 1.76. The van der Waals surface area contributed by atoms with Crippen LogP contribution in [-0.4, -0.2) is 51.8 Å². The van der Waals surface area contributed by atoms with Gasteiger partial charge in [-0.3, -0.25) is 9.69 Å². The van der Waals surface area contributed by atoms with Crippen molar-refractivity contribution >= 4 is 5.91 Å². The zero-order chi connectivity index (χ0) is 19.9. The van der Waals surface area contributed by atoms with Crippen LogP contribution in [0.1, 0.15) is 34.8 Å². The van der Waals surface area contributed by atoms with E-state index in [2.05, 4.69) is 10.2 Å². The third kappa shape index (κ3) is 4.57. The number of rotatable bonds is 8. The Hall–Kier alpha value is -2.73. The maximum absolute atomic E-state index is 12.6. The smallest absolute Gasteiger partial charge is 0.251 e. The number of hydrogen-bond acceptors (Lipinski definition) is 5. The molecule has 2 aromatic rings. The molecule has 0 saturated carbocycles. The van der Waals surface area contributed by atoms with Crippen molar-refractivity contribution in [1.82, 2.24) is 10.2 Å². The van der Waals surface area contributed by atoms with Crippen LogP contribution < -0.4 is 19.5 Å². The summed E-state index contributed by atoms with van der Waals surface area (Å²) in [6, 6.07) is 13.2. The van der Waals surface area contributed by atoms with Crippen LogP contribution >= 0.6 is 0 Å². The fourth-order valence-corrected chi connectivity index (χ4v) is 3.60. The number of nitrogens with zero attached hydrogens (tertiary/aromatic N) is 1. The predicted octanol–water partition coefficient (Wildman–Crippen LogP) is 3.28. The lowest BCUT2D eigenvalue weighted by Crippen LogP contribution is -2.36. The Morgan fingerprint density at radius 1 is 0.964 bits per heavy atom. The molecule has 3 rings (SSSR count). The Morgan fingerprint density at radius 2 is 1.64 bits per heavy atom. The summed E-state index contributed by atoms with van der Waals surface area (Å²) >= 11 is 0. The van der Waals surface area contributed by atoms with Gasteiger partial charge in [0, 0.05) is 12.1 Å². The highest BCUT2D eigenvalue weighted by molar-refractivity contribution is 5.94. The second kappa shape index (κ2) is 9.46. The van der Waals surface area contributed by atoms with Crippen molar-refractivity contribution in [3.8, 4) is 17.2 Å². The number of methoxy groups -OCH3 is 3. The molecule has 1 aliphatic rings. The van der Waals surface area contributed by atoms with Crippen molar-refractivity contribution in [1.29, 1.82) is 0 Å². The average Bonchev–Trinajstić information content (AvgIpc) is 3.28. The normalized spacial score (nSPS) is 15.1. The first-order valence-electron chi connectivity index (χ1n) is 9.54. The molecular formula is C22H28N2O4. The van der Waals surface area contributed by atoms with E-state index in [1.165, 1.54) is 12.8 Å². The summed E-state index contributed by atoms with van der Waals surface area (Å²) in [5.41, 5.74) is 1.72. The number of carbonyl (C=O) groups excluding carboxylic acids is 1. The van der Waals surface area contributed by atoms with E-state index in [0.29, 0.717) is 23.6 Å². The molecule has 0 radical (unpaired) electrons. The molecule has 0 bridgehead atoms. The SMILES string of the molecule is COc1ccc(C(=O)NCC(c2ccc(OC)c(OC)c2)N2CCCC2)cc1. The van der Waals surface area contributed by atoms with Gasteiger partial charge in [-0.1, -0.05) is 6.07 Å². The van der Waals surface area contributed by atoms with Crippen LogP contribution in [0.4, 0.5) is 0 Å². The van der Waals surface area contributed by atoms with Gasteiger partial charge in [-0.05, 0) is 67.9 Å². The maximum Gasteiger partial charge on any atom is 0.251 e. The van der Waals surface area contributed by atoms with Gasteiger partial charge >= 0.3 is 0 Å². The van der Waals surface area contributed by atoms with E-state index in [4.69, 9.17) is 14.2 Å². The van der Waals surface area contributed by atoms with Gasteiger partial charge < -0.3 is 19.5 Å². The molecule has 1 unspecified atom stereocenters. The third-order valence-corrected chi connectivity index (χ3v) is 5.18. The van der Waals surface area contributed by atoms with Crippen LogP contribution in [0, 0.1) is 0 Å². The first-order valence-corrected chi connectivity index (χ1v) is 9.54. The van der Waals surface area contributed by atoms with E-state index in [9.17, 15) is 4.79 Å². The van der Waals surface area contributed by atoms with Crippen molar-refractivity contribution in [2.75, 3.05) is 41.0 Å². The summed E-state index contributed by atoms with van der Waals surface area (Å²) in [5.74, 6) is 2.04. The summed E-state index contributed by atoms with van der Waals surface area (Å²) in [5, 5.41) is 3.08. The molecule has 0 aromatic heterocycles. The Morgan fingerprint density at radius 3 is 2.25 bits per heavy atom. The van der Waals surface area contributed by atoms with E-state index in [1.54, 1.807) is 45.6 Å². The standard InChI is InChI=1S/C22H28N2O4/c1-26-18-9-6-16(7-10-18)22(25)23-15-19(24-12-4-5-13-24)17-8-11-20(27-2)21(14-17)28-3/h6-11,14,19H,4-5,12-13,15H2,1-3H3,(H,23,25). The number of carbonyl (C=O) groups is 1. The van der Waals surface area contributed by atoms with Gasteiger partial charge in [0.2, 0.25) is 0 Å². The molecule has 6 nitrogen and oxygen atoms in total. The molecule has 1 atom stereocenters. The second-order valence-corrected chi connectivity index (χ2v) is 6.81. The van der Waals surface area contributed by atoms with E-state index >= 15 is 0 Å². The lowest BCUT2D eigenvalue weighted by atomic mass is 10.0. The Bertz CT molecular complexity index is 786. The van der Waals surface area contributed by atoms with Crippen LogP contribution in [0.15, 0.2) is 42.5 Å². The van der Waals surface area contributed by atoms with Crippen LogP contribution in [0.3, 0.4) is 0 Å². The highest BCUT2D eigenvalue weighted by Crippen LogP contribution is 2.33. The topological polar surface area (TPSA) is 60.0 Å². The van der Waals surface area contributed by atoms with Crippen LogP contribution in [0.2, 0.25) is 0 Å². The Kier molecular flexibility index (Phi) is 6.76. The molecule has 1 amide bonds.